The molecular weight excluding hydrogens is 553 g/mol. The van der Waals surface area contributed by atoms with Crippen molar-refractivity contribution < 1.29 is 0 Å². The molecular formula is C46H26. The van der Waals surface area contributed by atoms with Gasteiger partial charge in [-0.3, -0.25) is 0 Å². The van der Waals surface area contributed by atoms with E-state index in [4.69, 9.17) is 0 Å². The summed E-state index contributed by atoms with van der Waals surface area (Å²) >= 11 is 0. The smallest absolute Gasteiger partial charge is 0.00141 e. The highest BCUT2D eigenvalue weighted by Gasteiger charge is 2.20. The van der Waals surface area contributed by atoms with Crippen molar-refractivity contribution >= 4 is 97.0 Å². The van der Waals surface area contributed by atoms with Crippen molar-refractivity contribution in [2.75, 3.05) is 0 Å². The van der Waals surface area contributed by atoms with Crippen LogP contribution in [0.15, 0.2) is 158 Å². The highest BCUT2D eigenvalue weighted by atomic mass is 14.2. The Hall–Kier alpha value is -5.98. The zero-order chi connectivity index (χ0) is 29.9. The van der Waals surface area contributed by atoms with E-state index in [0.717, 1.165) is 0 Å². The topological polar surface area (TPSA) is 0 Å². The van der Waals surface area contributed by atoms with E-state index < -0.39 is 0 Å². The summed E-state index contributed by atoms with van der Waals surface area (Å²) in [5, 5.41) is 23.5. The van der Waals surface area contributed by atoms with Gasteiger partial charge in [0.15, 0.2) is 0 Å². The van der Waals surface area contributed by atoms with Gasteiger partial charge in [-0.25, -0.2) is 0 Å². The molecule has 11 rings (SSSR count). The Morgan fingerprint density at radius 3 is 1.41 bits per heavy atom. The minimum atomic E-state index is 1.27. The molecule has 11 aromatic rings. The van der Waals surface area contributed by atoms with E-state index in [1.807, 2.05) is 0 Å². The SMILES string of the molecule is c1ccc2c(-c3cc4cccc5c6cccc7ccc8cccc(c9cccc3c9c45)c8c76)c3ccc4ccccc4c3cc2c1. The summed E-state index contributed by atoms with van der Waals surface area (Å²) in [7, 11) is 0. The molecule has 0 saturated heterocycles. The third-order valence-electron chi connectivity index (χ3n) is 10.5. The minimum Gasteiger partial charge on any atom is -0.0616 e. The van der Waals surface area contributed by atoms with Gasteiger partial charge < -0.3 is 0 Å². The monoisotopic (exact) mass is 578 g/mol. The van der Waals surface area contributed by atoms with Crippen LogP contribution in [-0.4, -0.2) is 0 Å². The number of hydrogen-bond donors (Lipinski definition) is 0. The molecule has 0 atom stereocenters. The molecule has 0 amide bonds. The number of fused-ring (bicyclic) bond motifs is 6. The highest BCUT2D eigenvalue weighted by Crippen LogP contribution is 2.48. The van der Waals surface area contributed by atoms with Gasteiger partial charge in [0.2, 0.25) is 0 Å². The molecule has 11 aromatic carbocycles. The first-order chi connectivity index (χ1) is 22.8. The summed E-state index contributed by atoms with van der Waals surface area (Å²) in [6, 6.07) is 59.3. The molecule has 0 fully saturated rings. The molecule has 0 aliphatic heterocycles. The van der Waals surface area contributed by atoms with Gasteiger partial charge in [0.05, 0.1) is 0 Å². The van der Waals surface area contributed by atoms with Crippen LogP contribution in [0.5, 0.6) is 0 Å². The molecule has 0 radical (unpaired) electrons. The summed E-state index contributed by atoms with van der Waals surface area (Å²) in [5.41, 5.74) is 2.60. The van der Waals surface area contributed by atoms with E-state index in [1.165, 1.54) is 108 Å². The predicted octanol–water partition coefficient (Wildman–Crippen LogP) is 13.2. The van der Waals surface area contributed by atoms with E-state index in [-0.39, 0.29) is 0 Å². The molecule has 210 valence electrons. The average Bonchev–Trinajstić information content (AvgIpc) is 3.11. The van der Waals surface area contributed by atoms with Crippen LogP contribution >= 0.6 is 0 Å². The summed E-state index contributed by atoms with van der Waals surface area (Å²) < 4.78 is 0. The Labute approximate surface area is 265 Å². The van der Waals surface area contributed by atoms with Crippen LogP contribution in [0.4, 0.5) is 0 Å². The number of hydrogen-bond acceptors (Lipinski definition) is 0. The van der Waals surface area contributed by atoms with Crippen molar-refractivity contribution in [2.45, 2.75) is 0 Å². The average molecular weight is 579 g/mol. The molecule has 0 saturated carbocycles. The Kier molecular flexibility index (Phi) is 4.66. The molecule has 0 nitrogen and oxygen atoms in total. The molecule has 0 bridgehead atoms. The van der Waals surface area contributed by atoms with Gasteiger partial charge in [0.1, 0.15) is 0 Å². The van der Waals surface area contributed by atoms with Crippen molar-refractivity contribution in [1.82, 2.24) is 0 Å². The highest BCUT2D eigenvalue weighted by molar-refractivity contribution is 6.38. The fourth-order valence-electron chi connectivity index (χ4n) is 8.62. The van der Waals surface area contributed by atoms with Gasteiger partial charge in [0, 0.05) is 0 Å². The van der Waals surface area contributed by atoms with E-state index in [9.17, 15) is 0 Å². The second-order valence-electron chi connectivity index (χ2n) is 12.8. The lowest BCUT2D eigenvalue weighted by Gasteiger charge is -2.20. The Morgan fingerprint density at radius 2 is 0.696 bits per heavy atom. The van der Waals surface area contributed by atoms with Gasteiger partial charge in [0.25, 0.3) is 0 Å². The van der Waals surface area contributed by atoms with Crippen LogP contribution in [0.2, 0.25) is 0 Å². The number of rotatable bonds is 1. The second-order valence-corrected chi connectivity index (χ2v) is 12.8. The van der Waals surface area contributed by atoms with Crippen LogP contribution < -0.4 is 0 Å². The largest absolute Gasteiger partial charge is 0.0616 e. The van der Waals surface area contributed by atoms with Crippen molar-refractivity contribution in [2.24, 2.45) is 0 Å². The van der Waals surface area contributed by atoms with Crippen LogP contribution in [0.1, 0.15) is 0 Å². The minimum absolute atomic E-state index is 1.27. The van der Waals surface area contributed by atoms with Crippen molar-refractivity contribution in [3.63, 3.8) is 0 Å². The number of benzene rings is 10. The summed E-state index contributed by atoms with van der Waals surface area (Å²) in [5.74, 6) is 0. The first kappa shape index (κ1) is 24.4. The van der Waals surface area contributed by atoms with Crippen LogP contribution in [0.25, 0.3) is 108 Å². The quantitative estimate of drug-likeness (QED) is 0.134. The predicted molar refractivity (Wildman–Crippen MR) is 201 cm³/mol. The fraction of sp³-hybridized carbons (Fsp3) is 0. The molecule has 0 aliphatic rings. The van der Waals surface area contributed by atoms with Gasteiger partial charge in [-0.15, -0.1) is 0 Å². The van der Waals surface area contributed by atoms with Gasteiger partial charge in [-0.1, -0.05) is 146 Å². The lowest BCUT2D eigenvalue weighted by molar-refractivity contribution is 1.74. The molecule has 0 aliphatic carbocycles. The third kappa shape index (κ3) is 3.08. The maximum Gasteiger partial charge on any atom is -0.00141 e. The van der Waals surface area contributed by atoms with Crippen LogP contribution in [0.3, 0.4) is 0 Å². The standard InChI is InChI=1S/C46H26/c1-3-14-32-27(9-1)23-24-39-40(32)25-30-10-2-4-15-33(30)45(39)41-26-31-13-7-18-35-34-16-5-11-28-21-22-29-12-6-17-36(43(29)42(28)34)37-19-8-20-38(41)46(37)44(31)35/h1-26H. The van der Waals surface area contributed by atoms with E-state index >= 15 is 0 Å². The Bertz CT molecular complexity index is 3070. The van der Waals surface area contributed by atoms with Crippen LogP contribution in [-0.2, 0) is 0 Å². The van der Waals surface area contributed by atoms with Crippen molar-refractivity contribution in [1.29, 1.82) is 0 Å². The van der Waals surface area contributed by atoms with Gasteiger partial charge >= 0.3 is 0 Å². The maximum atomic E-state index is 2.47. The molecule has 0 spiro atoms. The first-order valence-electron chi connectivity index (χ1n) is 16.1. The zero-order valence-electron chi connectivity index (χ0n) is 25.0. The fourth-order valence-corrected chi connectivity index (χ4v) is 8.62. The molecule has 46 heavy (non-hydrogen) atoms. The van der Waals surface area contributed by atoms with Gasteiger partial charge in [-0.2, -0.15) is 0 Å². The summed E-state index contributed by atoms with van der Waals surface area (Å²) in [6.45, 7) is 0. The second kappa shape index (κ2) is 8.81. The summed E-state index contributed by atoms with van der Waals surface area (Å²) in [6.07, 6.45) is 0. The van der Waals surface area contributed by atoms with Crippen molar-refractivity contribution in [3.05, 3.63) is 158 Å². The molecule has 0 aromatic heterocycles. The molecule has 0 unspecified atom stereocenters. The van der Waals surface area contributed by atoms with E-state index in [1.54, 1.807) is 0 Å². The van der Waals surface area contributed by atoms with Gasteiger partial charge in [-0.05, 0) is 120 Å². The Morgan fingerprint density at radius 1 is 0.217 bits per heavy atom. The first-order valence-corrected chi connectivity index (χ1v) is 16.1. The third-order valence-corrected chi connectivity index (χ3v) is 10.5. The van der Waals surface area contributed by atoms with Crippen molar-refractivity contribution in [3.8, 4) is 11.1 Å². The normalized spacial score (nSPS) is 12.3. The van der Waals surface area contributed by atoms with E-state index in [0.29, 0.717) is 0 Å². The zero-order valence-corrected chi connectivity index (χ0v) is 25.0. The lowest BCUT2D eigenvalue weighted by Crippen LogP contribution is -1.92. The van der Waals surface area contributed by atoms with E-state index in [2.05, 4.69) is 158 Å². The molecule has 0 heterocycles. The van der Waals surface area contributed by atoms with Crippen LogP contribution in [0, 0.1) is 0 Å². The molecule has 0 heteroatoms. The summed E-state index contributed by atoms with van der Waals surface area (Å²) in [4.78, 5) is 0. The maximum absolute atomic E-state index is 2.47. The molecule has 0 N–H and O–H groups in total. The Balaban J connectivity index is 1.44. The lowest BCUT2D eigenvalue weighted by atomic mass is 9.83.